The Morgan fingerprint density at radius 2 is 2.57 bits per heavy atom. The maximum absolute atomic E-state index is 9.28. The summed E-state index contributed by atoms with van der Waals surface area (Å²) in [6, 6.07) is 0. The summed E-state index contributed by atoms with van der Waals surface area (Å²) in [6.07, 6.45) is 3.39. The predicted molar refractivity (Wildman–Crippen MR) is 25.1 cm³/mol. The molecule has 0 spiro atoms. The van der Waals surface area contributed by atoms with Crippen LogP contribution in [-0.4, -0.2) is 12.5 Å². The third-order valence-electron chi connectivity index (χ3n) is 0.315. The molecule has 0 heterocycles. The molecule has 0 saturated carbocycles. The molecule has 7 heavy (non-hydrogen) atoms. The van der Waals surface area contributed by atoms with Crippen molar-refractivity contribution in [2.45, 2.75) is 0 Å². The van der Waals surface area contributed by atoms with Crippen LogP contribution in [0.15, 0.2) is 12.7 Å². The zero-order chi connectivity index (χ0) is 5.54. The normalized spacial score (nSPS) is 6.29. The lowest BCUT2D eigenvalue weighted by Crippen LogP contribution is -1.78. The van der Waals surface area contributed by atoms with Gasteiger partial charge in [-0.15, -0.1) is 0 Å². The average Bonchev–Trinajstić information content (AvgIpc) is 1.69. The Labute approximate surface area is 42.1 Å². The van der Waals surface area contributed by atoms with E-state index in [1.54, 1.807) is 0 Å². The lowest BCUT2D eigenvalue weighted by Gasteiger charge is -1.83. The molecule has 0 aliphatic rings. The maximum atomic E-state index is 9.28. The molecular weight excluding hydrogens is 92.1 g/mol. The van der Waals surface area contributed by atoms with Gasteiger partial charge in [-0.2, -0.15) is 0 Å². The highest BCUT2D eigenvalue weighted by Gasteiger charge is 1.67. The minimum atomic E-state index is 0.315. The van der Waals surface area contributed by atoms with Crippen LogP contribution in [0.4, 0.5) is 0 Å². The van der Waals surface area contributed by atoms with E-state index >= 15 is 0 Å². The summed E-state index contributed by atoms with van der Waals surface area (Å²) in [6.45, 7) is 3.65. The summed E-state index contributed by atoms with van der Waals surface area (Å²) in [4.78, 5) is 9.28. The summed E-state index contributed by atoms with van der Waals surface area (Å²) >= 11 is 0. The number of hydrogen-bond acceptors (Lipinski definition) is 2. The first-order valence-corrected chi connectivity index (χ1v) is 1.76. The topological polar surface area (TPSA) is 26.3 Å². The number of rotatable bonds is 3. The van der Waals surface area contributed by atoms with Gasteiger partial charge < -0.3 is 4.74 Å². The molecule has 0 aliphatic heterocycles. The minimum Gasteiger partial charge on any atom is -0.476 e. The molecule has 0 fully saturated rings. The van der Waals surface area contributed by atoms with Crippen molar-refractivity contribution in [3.8, 4) is 0 Å². The average molecular weight is 97.1 g/mol. The second kappa shape index (κ2) is 4.99. The highest BCUT2D eigenvalue weighted by Crippen LogP contribution is 1.68. The van der Waals surface area contributed by atoms with Gasteiger partial charge in [-0.05, 0) is 0 Å². The van der Waals surface area contributed by atoms with Gasteiger partial charge in [-0.3, -0.25) is 0 Å². The summed E-state index contributed by atoms with van der Waals surface area (Å²) in [5, 5.41) is 0. The van der Waals surface area contributed by atoms with E-state index < -0.39 is 0 Å². The van der Waals surface area contributed by atoms with Crippen molar-refractivity contribution in [3.63, 3.8) is 0 Å². The Hall–Kier alpha value is -1.01. The SMILES string of the molecule is C=CCO[C]=C=O. The Morgan fingerprint density at radius 3 is 3.00 bits per heavy atom. The van der Waals surface area contributed by atoms with Crippen LogP contribution in [0, 0.1) is 6.26 Å². The van der Waals surface area contributed by atoms with Crippen LogP contribution in [0.3, 0.4) is 0 Å². The van der Waals surface area contributed by atoms with E-state index in [9.17, 15) is 4.79 Å². The number of ether oxygens (including phenoxy) is 1. The largest absolute Gasteiger partial charge is 0.476 e. The Kier molecular flexibility index (Phi) is 4.27. The molecule has 0 amide bonds. The molecule has 0 aromatic heterocycles. The lowest BCUT2D eigenvalue weighted by atomic mass is 10.7. The van der Waals surface area contributed by atoms with Gasteiger partial charge >= 0.3 is 0 Å². The molecule has 0 unspecified atom stereocenters. The van der Waals surface area contributed by atoms with E-state index in [1.807, 2.05) is 6.26 Å². The van der Waals surface area contributed by atoms with Crippen LogP contribution in [0.25, 0.3) is 0 Å². The smallest absolute Gasteiger partial charge is 0.258 e. The Balaban J connectivity index is 2.97. The van der Waals surface area contributed by atoms with E-state index in [4.69, 9.17) is 0 Å². The number of hydrogen-bond donors (Lipinski definition) is 0. The molecule has 0 aromatic carbocycles. The standard InChI is InChI=1S/C5H5O2/c1-2-4-7-5-3-6/h2H,1,4H2. The van der Waals surface area contributed by atoms with Gasteiger partial charge in [0, 0.05) is 0 Å². The molecule has 2 heteroatoms. The van der Waals surface area contributed by atoms with Gasteiger partial charge in [-0.25, -0.2) is 4.79 Å². The van der Waals surface area contributed by atoms with E-state index in [2.05, 4.69) is 11.3 Å². The van der Waals surface area contributed by atoms with Crippen molar-refractivity contribution in [3.05, 3.63) is 18.9 Å². The van der Waals surface area contributed by atoms with E-state index in [1.165, 1.54) is 12.0 Å². The van der Waals surface area contributed by atoms with Gasteiger partial charge in [0.25, 0.3) is 6.26 Å². The molecule has 0 rings (SSSR count). The highest BCUT2D eigenvalue weighted by atomic mass is 16.5. The van der Waals surface area contributed by atoms with Crippen molar-refractivity contribution in [1.29, 1.82) is 0 Å². The molecule has 37 valence electrons. The second-order valence-electron chi connectivity index (χ2n) is 0.804. The van der Waals surface area contributed by atoms with Gasteiger partial charge in [0.15, 0.2) is 5.94 Å². The summed E-state index contributed by atoms with van der Waals surface area (Å²) in [5.41, 5.74) is 0. The quantitative estimate of drug-likeness (QED) is 0.219. The fourth-order valence-corrected chi connectivity index (χ4v) is 0.130. The molecule has 2 nitrogen and oxygen atoms in total. The van der Waals surface area contributed by atoms with E-state index in [0.29, 0.717) is 6.61 Å². The summed E-state index contributed by atoms with van der Waals surface area (Å²) in [7, 11) is 0. The zero-order valence-corrected chi connectivity index (χ0v) is 3.81. The van der Waals surface area contributed by atoms with Crippen molar-refractivity contribution in [2.24, 2.45) is 0 Å². The highest BCUT2D eigenvalue weighted by molar-refractivity contribution is 5.38. The van der Waals surface area contributed by atoms with Crippen LogP contribution < -0.4 is 0 Å². The predicted octanol–water partition coefficient (Wildman–Crippen LogP) is 0.337. The van der Waals surface area contributed by atoms with Crippen molar-refractivity contribution >= 4 is 5.94 Å². The van der Waals surface area contributed by atoms with Crippen molar-refractivity contribution < 1.29 is 9.53 Å². The first-order valence-electron chi connectivity index (χ1n) is 1.76. The third-order valence-corrected chi connectivity index (χ3v) is 0.315. The number of carbonyl (C=O) groups excluding carboxylic acids is 1. The van der Waals surface area contributed by atoms with Crippen LogP contribution in [0.2, 0.25) is 0 Å². The first kappa shape index (κ1) is 5.99. The first-order chi connectivity index (χ1) is 3.41. The Morgan fingerprint density at radius 1 is 1.86 bits per heavy atom. The summed E-state index contributed by atoms with van der Waals surface area (Å²) < 4.78 is 4.34. The minimum absolute atomic E-state index is 0.315. The summed E-state index contributed by atoms with van der Waals surface area (Å²) in [5.74, 6) is 1.33. The lowest BCUT2D eigenvalue weighted by molar-refractivity contribution is 0.269. The molecular formula is C5H5O2. The molecule has 0 saturated heterocycles. The Bertz CT molecular complexity index is 90.3. The molecule has 1 radical (unpaired) electrons. The van der Waals surface area contributed by atoms with Gasteiger partial charge in [0.05, 0.1) is 0 Å². The molecule has 0 aliphatic carbocycles. The van der Waals surface area contributed by atoms with Gasteiger partial charge in [-0.1, -0.05) is 12.7 Å². The molecule has 0 aromatic rings. The van der Waals surface area contributed by atoms with Crippen molar-refractivity contribution in [2.75, 3.05) is 6.61 Å². The van der Waals surface area contributed by atoms with Crippen LogP contribution in [0.5, 0.6) is 0 Å². The van der Waals surface area contributed by atoms with Crippen LogP contribution in [0.1, 0.15) is 0 Å². The monoisotopic (exact) mass is 97.0 g/mol. The maximum Gasteiger partial charge on any atom is 0.258 e. The van der Waals surface area contributed by atoms with Crippen LogP contribution >= 0.6 is 0 Å². The zero-order valence-electron chi connectivity index (χ0n) is 3.81. The van der Waals surface area contributed by atoms with Gasteiger partial charge in [0.1, 0.15) is 6.61 Å². The fourth-order valence-electron chi connectivity index (χ4n) is 0.130. The van der Waals surface area contributed by atoms with Crippen molar-refractivity contribution in [1.82, 2.24) is 0 Å². The molecule has 0 N–H and O–H groups in total. The molecule has 0 atom stereocenters. The second-order valence-corrected chi connectivity index (χ2v) is 0.804. The fraction of sp³-hybridized carbons (Fsp3) is 0.200. The van der Waals surface area contributed by atoms with E-state index in [0.717, 1.165) is 0 Å². The van der Waals surface area contributed by atoms with E-state index in [-0.39, 0.29) is 0 Å². The van der Waals surface area contributed by atoms with Crippen LogP contribution in [-0.2, 0) is 9.53 Å². The molecule has 0 bridgehead atoms. The van der Waals surface area contributed by atoms with Gasteiger partial charge in [0.2, 0.25) is 0 Å². The third kappa shape index (κ3) is 4.99.